The highest BCUT2D eigenvalue weighted by Crippen LogP contribution is 2.29. The molecule has 0 aliphatic rings. The summed E-state index contributed by atoms with van der Waals surface area (Å²) in [6.45, 7) is 4.89. The summed E-state index contributed by atoms with van der Waals surface area (Å²) in [6, 6.07) is 4.84. The van der Waals surface area contributed by atoms with E-state index in [2.05, 4.69) is 10.3 Å². The fourth-order valence-corrected chi connectivity index (χ4v) is 2.65. The molecule has 1 aromatic heterocycles. The molecule has 2 rings (SSSR count). The number of nitro benzene ring substituents is 1. The van der Waals surface area contributed by atoms with Gasteiger partial charge in [0.1, 0.15) is 11.4 Å². The van der Waals surface area contributed by atoms with Crippen molar-refractivity contribution in [3.05, 3.63) is 44.4 Å². The third kappa shape index (κ3) is 3.91. The van der Waals surface area contributed by atoms with Crippen LogP contribution in [0.5, 0.6) is 5.75 Å². The highest BCUT2D eigenvalue weighted by Gasteiger charge is 2.15. The number of thiazole rings is 1. The standard InChI is InChI=1S/C14H17N3O3S/c1-3-14-16-9-11(21-14)8-15-12-6-5-10(20-4-2)7-13(12)17(18)19/h5-7,9,15H,3-4,8H2,1-2H3. The molecule has 0 aliphatic carbocycles. The van der Waals surface area contributed by atoms with Gasteiger partial charge in [0.15, 0.2) is 0 Å². The SMILES string of the molecule is CCOc1ccc(NCc2cnc(CC)s2)c([N+](=O)[O-])c1. The minimum atomic E-state index is -0.408. The molecule has 2 aromatic rings. The van der Waals surface area contributed by atoms with Crippen molar-refractivity contribution in [1.29, 1.82) is 0 Å². The summed E-state index contributed by atoms with van der Waals surface area (Å²) < 4.78 is 5.29. The molecule has 1 heterocycles. The van der Waals surface area contributed by atoms with E-state index in [9.17, 15) is 10.1 Å². The second kappa shape index (κ2) is 7.03. The molecule has 0 saturated heterocycles. The van der Waals surface area contributed by atoms with Crippen LogP contribution in [0, 0.1) is 10.1 Å². The van der Waals surface area contributed by atoms with Crippen molar-refractivity contribution in [2.45, 2.75) is 26.8 Å². The number of hydrogen-bond donors (Lipinski definition) is 1. The number of nitrogens with zero attached hydrogens (tertiary/aromatic N) is 2. The van der Waals surface area contributed by atoms with Crippen molar-refractivity contribution in [3.63, 3.8) is 0 Å². The van der Waals surface area contributed by atoms with Gasteiger partial charge in [0.2, 0.25) is 0 Å². The van der Waals surface area contributed by atoms with Gasteiger partial charge in [-0.3, -0.25) is 10.1 Å². The Labute approximate surface area is 126 Å². The van der Waals surface area contributed by atoms with Crippen LogP contribution >= 0.6 is 11.3 Å². The van der Waals surface area contributed by atoms with Crippen molar-refractivity contribution in [2.75, 3.05) is 11.9 Å². The van der Waals surface area contributed by atoms with E-state index in [1.165, 1.54) is 6.07 Å². The normalized spacial score (nSPS) is 10.4. The highest BCUT2D eigenvalue weighted by molar-refractivity contribution is 7.11. The van der Waals surface area contributed by atoms with E-state index in [0.29, 0.717) is 24.6 Å². The van der Waals surface area contributed by atoms with Crippen LogP contribution in [-0.4, -0.2) is 16.5 Å². The quantitative estimate of drug-likeness (QED) is 0.624. The average molecular weight is 307 g/mol. The zero-order valence-corrected chi connectivity index (χ0v) is 12.8. The molecule has 1 N–H and O–H groups in total. The number of hydrogen-bond acceptors (Lipinski definition) is 6. The lowest BCUT2D eigenvalue weighted by Crippen LogP contribution is -2.02. The van der Waals surface area contributed by atoms with Crippen molar-refractivity contribution >= 4 is 22.7 Å². The van der Waals surface area contributed by atoms with E-state index in [4.69, 9.17) is 4.74 Å². The van der Waals surface area contributed by atoms with Gasteiger partial charge in [-0.15, -0.1) is 11.3 Å². The van der Waals surface area contributed by atoms with Crippen molar-refractivity contribution in [1.82, 2.24) is 4.98 Å². The highest BCUT2D eigenvalue weighted by atomic mass is 32.1. The molecule has 7 heteroatoms. The number of benzene rings is 1. The Morgan fingerprint density at radius 1 is 1.43 bits per heavy atom. The van der Waals surface area contributed by atoms with Crippen LogP contribution in [-0.2, 0) is 13.0 Å². The molecule has 112 valence electrons. The Balaban J connectivity index is 2.13. The molecule has 0 unspecified atom stereocenters. The summed E-state index contributed by atoms with van der Waals surface area (Å²) in [5.41, 5.74) is 0.496. The maximum absolute atomic E-state index is 11.1. The first kappa shape index (κ1) is 15.2. The number of aryl methyl sites for hydroxylation is 1. The summed E-state index contributed by atoms with van der Waals surface area (Å²) in [6.07, 6.45) is 2.70. The van der Waals surface area contributed by atoms with Crippen LogP contribution < -0.4 is 10.1 Å². The van der Waals surface area contributed by atoms with Crippen LogP contribution in [0.1, 0.15) is 23.7 Å². The van der Waals surface area contributed by atoms with Gasteiger partial charge in [0.05, 0.1) is 29.1 Å². The van der Waals surface area contributed by atoms with Crippen LogP contribution in [0.2, 0.25) is 0 Å². The molecule has 0 bridgehead atoms. The molecule has 0 amide bonds. The number of ether oxygens (including phenoxy) is 1. The van der Waals surface area contributed by atoms with Crippen LogP contribution in [0.25, 0.3) is 0 Å². The predicted octanol–water partition coefficient (Wildman–Crippen LogP) is 3.62. The monoisotopic (exact) mass is 307 g/mol. The average Bonchev–Trinajstić information content (AvgIpc) is 2.94. The molecular formula is C14H17N3O3S. The van der Waals surface area contributed by atoms with Crippen molar-refractivity contribution in [3.8, 4) is 5.75 Å². The molecule has 0 fully saturated rings. The predicted molar refractivity (Wildman–Crippen MR) is 83.1 cm³/mol. The number of nitrogens with one attached hydrogen (secondary N) is 1. The van der Waals surface area contributed by atoms with Gasteiger partial charge >= 0.3 is 0 Å². The molecular weight excluding hydrogens is 290 g/mol. The molecule has 6 nitrogen and oxygen atoms in total. The van der Waals surface area contributed by atoms with E-state index in [1.807, 2.05) is 13.8 Å². The number of aromatic nitrogens is 1. The van der Waals surface area contributed by atoms with Gasteiger partial charge in [-0.1, -0.05) is 6.92 Å². The molecule has 0 atom stereocenters. The van der Waals surface area contributed by atoms with Gasteiger partial charge in [0, 0.05) is 11.1 Å². The third-order valence-corrected chi connectivity index (χ3v) is 3.98. The Morgan fingerprint density at radius 3 is 2.86 bits per heavy atom. The molecule has 1 aromatic carbocycles. The van der Waals surface area contributed by atoms with E-state index in [1.54, 1.807) is 29.7 Å². The minimum Gasteiger partial charge on any atom is -0.494 e. The lowest BCUT2D eigenvalue weighted by atomic mass is 10.2. The minimum absolute atomic E-state index is 0.0150. The van der Waals surface area contributed by atoms with Gasteiger partial charge in [-0.05, 0) is 25.5 Å². The zero-order valence-electron chi connectivity index (χ0n) is 12.0. The fraction of sp³-hybridized carbons (Fsp3) is 0.357. The van der Waals surface area contributed by atoms with Crippen molar-refractivity contribution < 1.29 is 9.66 Å². The maximum atomic E-state index is 11.1. The zero-order chi connectivity index (χ0) is 15.2. The Morgan fingerprint density at radius 2 is 2.24 bits per heavy atom. The Hall–Kier alpha value is -2.15. The second-order valence-electron chi connectivity index (χ2n) is 4.30. The molecule has 0 spiro atoms. The summed E-state index contributed by atoms with van der Waals surface area (Å²) in [5.74, 6) is 0.501. The molecule has 21 heavy (non-hydrogen) atoms. The molecule has 0 radical (unpaired) electrons. The first-order valence-corrected chi connectivity index (χ1v) is 7.54. The van der Waals surface area contributed by atoms with E-state index in [-0.39, 0.29) is 5.69 Å². The van der Waals surface area contributed by atoms with Crippen LogP contribution in [0.15, 0.2) is 24.4 Å². The van der Waals surface area contributed by atoms with Gasteiger partial charge in [-0.25, -0.2) is 4.98 Å². The Bertz CT molecular complexity index is 628. The molecule has 0 saturated carbocycles. The summed E-state index contributed by atoms with van der Waals surface area (Å²) in [4.78, 5) is 16.1. The van der Waals surface area contributed by atoms with Gasteiger partial charge < -0.3 is 10.1 Å². The largest absolute Gasteiger partial charge is 0.494 e. The van der Waals surface area contributed by atoms with Gasteiger partial charge in [0.25, 0.3) is 5.69 Å². The maximum Gasteiger partial charge on any atom is 0.296 e. The lowest BCUT2D eigenvalue weighted by molar-refractivity contribution is -0.384. The summed E-state index contributed by atoms with van der Waals surface area (Å²) in [7, 11) is 0. The second-order valence-corrected chi connectivity index (χ2v) is 5.50. The summed E-state index contributed by atoms with van der Waals surface area (Å²) in [5, 5.41) is 15.3. The first-order valence-electron chi connectivity index (χ1n) is 6.72. The summed E-state index contributed by atoms with van der Waals surface area (Å²) >= 11 is 1.61. The number of rotatable bonds is 7. The van der Waals surface area contributed by atoms with Crippen LogP contribution in [0.4, 0.5) is 11.4 Å². The van der Waals surface area contributed by atoms with Gasteiger partial charge in [-0.2, -0.15) is 0 Å². The fourth-order valence-electron chi connectivity index (χ4n) is 1.84. The van der Waals surface area contributed by atoms with Crippen molar-refractivity contribution in [2.24, 2.45) is 0 Å². The number of nitro groups is 1. The topological polar surface area (TPSA) is 77.3 Å². The lowest BCUT2D eigenvalue weighted by Gasteiger charge is -2.08. The molecule has 0 aliphatic heterocycles. The first-order chi connectivity index (χ1) is 10.1. The van der Waals surface area contributed by atoms with Crippen LogP contribution in [0.3, 0.4) is 0 Å². The Kier molecular flexibility index (Phi) is 5.10. The smallest absolute Gasteiger partial charge is 0.296 e. The van der Waals surface area contributed by atoms with E-state index >= 15 is 0 Å². The third-order valence-electron chi connectivity index (χ3n) is 2.83. The number of anilines is 1. The van der Waals surface area contributed by atoms with E-state index in [0.717, 1.165) is 16.3 Å². The van der Waals surface area contributed by atoms with E-state index < -0.39 is 4.92 Å².